The number of aliphatic carboxylic acids is 1. The molecule has 2 atom stereocenters. The van der Waals surface area contributed by atoms with Gasteiger partial charge in [0.2, 0.25) is 0 Å². The highest BCUT2D eigenvalue weighted by atomic mass is 19.4. The molecule has 1 aliphatic heterocycles. The molecule has 1 aliphatic rings. The Morgan fingerprint density at radius 1 is 1.08 bits per heavy atom. The number of hydrogen-bond donors (Lipinski definition) is 1. The van der Waals surface area contributed by atoms with Crippen molar-refractivity contribution in [2.75, 3.05) is 13.1 Å². The Kier molecular flexibility index (Phi) is 7.76. The highest BCUT2D eigenvalue weighted by Crippen LogP contribution is 2.46. The van der Waals surface area contributed by atoms with Gasteiger partial charge < -0.3 is 14.7 Å². The van der Waals surface area contributed by atoms with Gasteiger partial charge in [0.05, 0.1) is 16.6 Å². The summed E-state index contributed by atoms with van der Waals surface area (Å²) in [7, 11) is 0. The lowest BCUT2D eigenvalue weighted by Gasteiger charge is -2.33. The van der Waals surface area contributed by atoms with E-state index in [2.05, 4.69) is 4.98 Å². The van der Waals surface area contributed by atoms with E-state index < -0.39 is 41.1 Å². The standard InChI is InChI=1S/C27H24F6N2O4/c1-15(25(38)35-11-3-4-16(14-35)12-23(36)37)39-17-7-8-18-19(9-10-34-22(18)13-17)24-20(26(28,29)30)5-2-6-21(24)27(31,32)33/h2,5-10,13,15-16H,3-4,11-12,14H2,1H3,(H,36,37)/t15-,16-/m1/s1. The lowest BCUT2D eigenvalue weighted by molar-refractivity contribution is -0.143. The second kappa shape index (κ2) is 10.7. The molecule has 12 heteroatoms. The van der Waals surface area contributed by atoms with E-state index in [-0.39, 0.29) is 47.0 Å². The molecule has 39 heavy (non-hydrogen) atoms. The third-order valence-electron chi connectivity index (χ3n) is 6.61. The summed E-state index contributed by atoms with van der Waals surface area (Å²) in [4.78, 5) is 29.6. The average Bonchev–Trinajstić information content (AvgIpc) is 2.86. The van der Waals surface area contributed by atoms with E-state index >= 15 is 0 Å². The second-order valence-corrected chi connectivity index (χ2v) is 9.41. The first-order valence-electron chi connectivity index (χ1n) is 12.1. The molecule has 4 rings (SSSR count). The van der Waals surface area contributed by atoms with Crippen LogP contribution in [-0.2, 0) is 21.9 Å². The van der Waals surface area contributed by atoms with E-state index in [4.69, 9.17) is 9.84 Å². The van der Waals surface area contributed by atoms with E-state index in [1.807, 2.05) is 0 Å². The van der Waals surface area contributed by atoms with Crippen LogP contribution in [0.2, 0.25) is 0 Å². The normalized spacial score (nSPS) is 17.2. The van der Waals surface area contributed by atoms with E-state index in [1.54, 1.807) is 0 Å². The smallest absolute Gasteiger partial charge is 0.417 e. The average molecular weight is 554 g/mol. The molecule has 1 aromatic heterocycles. The monoisotopic (exact) mass is 554 g/mol. The van der Waals surface area contributed by atoms with Crippen molar-refractivity contribution in [3.8, 4) is 16.9 Å². The van der Waals surface area contributed by atoms with E-state index in [9.17, 15) is 35.9 Å². The molecule has 208 valence electrons. The SMILES string of the molecule is C[C@@H](Oc1ccc2c(-c3c(C(F)(F)F)cccc3C(F)(F)F)ccnc2c1)C(=O)N1CCC[C@H](CC(=O)O)C1. The highest BCUT2D eigenvalue weighted by Gasteiger charge is 2.41. The van der Waals surface area contributed by atoms with Gasteiger partial charge in [0.1, 0.15) is 5.75 Å². The predicted molar refractivity (Wildman–Crippen MR) is 129 cm³/mol. The van der Waals surface area contributed by atoms with Crippen molar-refractivity contribution in [1.82, 2.24) is 9.88 Å². The number of halogens is 6. The van der Waals surface area contributed by atoms with Gasteiger partial charge in [-0.25, -0.2) is 0 Å². The Bertz CT molecular complexity index is 1360. The minimum Gasteiger partial charge on any atom is -0.481 e. The number of piperidine rings is 1. The lowest BCUT2D eigenvalue weighted by atomic mass is 9.91. The van der Waals surface area contributed by atoms with Crippen LogP contribution in [-0.4, -0.2) is 46.1 Å². The van der Waals surface area contributed by atoms with Gasteiger partial charge in [-0.1, -0.05) is 6.07 Å². The maximum Gasteiger partial charge on any atom is 0.417 e. The van der Waals surface area contributed by atoms with Gasteiger partial charge in [0, 0.05) is 42.7 Å². The van der Waals surface area contributed by atoms with Gasteiger partial charge in [0.15, 0.2) is 6.10 Å². The fourth-order valence-electron chi connectivity index (χ4n) is 4.92. The van der Waals surface area contributed by atoms with Crippen LogP contribution in [0.4, 0.5) is 26.3 Å². The molecule has 2 heterocycles. The summed E-state index contributed by atoms with van der Waals surface area (Å²) in [6.07, 6.45) is -8.65. The van der Waals surface area contributed by atoms with E-state index in [0.717, 1.165) is 18.3 Å². The lowest BCUT2D eigenvalue weighted by Crippen LogP contribution is -2.46. The second-order valence-electron chi connectivity index (χ2n) is 9.41. The van der Waals surface area contributed by atoms with Gasteiger partial charge in [-0.3, -0.25) is 14.6 Å². The van der Waals surface area contributed by atoms with Crippen LogP contribution in [0.3, 0.4) is 0 Å². The van der Waals surface area contributed by atoms with E-state index in [0.29, 0.717) is 31.5 Å². The molecular formula is C27H24F6N2O4. The summed E-state index contributed by atoms with van der Waals surface area (Å²) < 4.78 is 88.3. The van der Waals surface area contributed by atoms with Crippen LogP contribution < -0.4 is 4.74 Å². The van der Waals surface area contributed by atoms with E-state index in [1.165, 1.54) is 30.0 Å². The molecule has 1 N–H and O–H groups in total. The molecule has 1 fully saturated rings. The van der Waals surface area contributed by atoms with Crippen molar-refractivity contribution in [3.05, 3.63) is 59.8 Å². The van der Waals surface area contributed by atoms with Crippen molar-refractivity contribution >= 4 is 22.8 Å². The molecule has 0 unspecified atom stereocenters. The molecular weight excluding hydrogens is 530 g/mol. The number of pyridine rings is 1. The number of carboxylic acid groups (broad SMARTS) is 1. The first-order valence-corrected chi connectivity index (χ1v) is 12.1. The summed E-state index contributed by atoms with van der Waals surface area (Å²) in [5.74, 6) is -1.33. The van der Waals surface area contributed by atoms with Crippen LogP contribution in [0.25, 0.3) is 22.0 Å². The number of carboxylic acids is 1. The Morgan fingerprint density at radius 3 is 2.36 bits per heavy atom. The molecule has 6 nitrogen and oxygen atoms in total. The highest BCUT2D eigenvalue weighted by molar-refractivity contribution is 5.97. The van der Waals surface area contributed by atoms with Gasteiger partial charge >= 0.3 is 18.3 Å². The first-order chi connectivity index (χ1) is 18.3. The number of carbonyl (C=O) groups is 2. The summed E-state index contributed by atoms with van der Waals surface area (Å²) in [5.41, 5.74) is -4.06. The number of benzene rings is 2. The van der Waals surface area contributed by atoms with Gasteiger partial charge in [0.25, 0.3) is 5.91 Å². The zero-order chi connectivity index (χ0) is 28.5. The molecule has 2 aromatic carbocycles. The van der Waals surface area contributed by atoms with Crippen LogP contribution in [0, 0.1) is 5.92 Å². The fourth-order valence-corrected chi connectivity index (χ4v) is 4.92. The maximum absolute atomic E-state index is 13.8. The molecule has 3 aromatic rings. The quantitative estimate of drug-likeness (QED) is 0.356. The Balaban J connectivity index is 1.64. The summed E-state index contributed by atoms with van der Waals surface area (Å²) in [5, 5.41) is 9.08. The minimum absolute atomic E-state index is 0.0403. The Morgan fingerprint density at radius 2 is 1.74 bits per heavy atom. The maximum atomic E-state index is 13.8. The molecule has 0 bridgehead atoms. The number of ether oxygens (including phenoxy) is 1. The number of alkyl halides is 6. The van der Waals surface area contributed by atoms with Crippen molar-refractivity contribution in [2.24, 2.45) is 5.92 Å². The number of likely N-dealkylation sites (tertiary alicyclic amines) is 1. The molecule has 0 saturated carbocycles. The van der Waals surface area contributed by atoms with Crippen LogP contribution >= 0.6 is 0 Å². The zero-order valence-corrected chi connectivity index (χ0v) is 20.6. The number of carbonyl (C=O) groups excluding carboxylic acids is 1. The predicted octanol–water partition coefficient (Wildman–Crippen LogP) is 6.42. The Hall–Kier alpha value is -3.83. The molecule has 0 spiro atoms. The molecule has 0 radical (unpaired) electrons. The molecule has 1 amide bonds. The number of nitrogens with zero attached hydrogens (tertiary/aromatic N) is 2. The van der Waals surface area contributed by atoms with Gasteiger partial charge in [-0.15, -0.1) is 0 Å². The minimum atomic E-state index is -5.04. The number of aromatic nitrogens is 1. The van der Waals surface area contributed by atoms with Crippen LogP contribution in [0.1, 0.15) is 37.3 Å². The van der Waals surface area contributed by atoms with Crippen LogP contribution in [0.15, 0.2) is 48.7 Å². The molecule has 0 aliphatic carbocycles. The Labute approximate surface area is 219 Å². The summed E-state index contributed by atoms with van der Waals surface area (Å²) >= 11 is 0. The third kappa shape index (κ3) is 6.26. The molecule has 1 saturated heterocycles. The number of rotatable bonds is 6. The third-order valence-corrected chi connectivity index (χ3v) is 6.61. The number of hydrogen-bond acceptors (Lipinski definition) is 4. The summed E-state index contributed by atoms with van der Waals surface area (Å²) in [6, 6.07) is 7.02. The summed E-state index contributed by atoms with van der Waals surface area (Å²) in [6.45, 7) is 2.24. The van der Waals surface area contributed by atoms with Crippen molar-refractivity contribution in [3.63, 3.8) is 0 Å². The topological polar surface area (TPSA) is 79.7 Å². The van der Waals surface area contributed by atoms with Crippen LogP contribution in [0.5, 0.6) is 5.75 Å². The van der Waals surface area contributed by atoms with Gasteiger partial charge in [-0.05, 0) is 61.6 Å². The number of amides is 1. The van der Waals surface area contributed by atoms with Crippen molar-refractivity contribution < 1.29 is 45.8 Å². The first kappa shape index (κ1) is 28.2. The van der Waals surface area contributed by atoms with Crippen molar-refractivity contribution in [1.29, 1.82) is 0 Å². The zero-order valence-electron chi connectivity index (χ0n) is 20.6. The number of fused-ring (bicyclic) bond motifs is 1. The van der Waals surface area contributed by atoms with Gasteiger partial charge in [-0.2, -0.15) is 26.3 Å². The largest absolute Gasteiger partial charge is 0.481 e. The fraction of sp³-hybridized carbons (Fsp3) is 0.370. The van der Waals surface area contributed by atoms with Crippen molar-refractivity contribution in [2.45, 2.75) is 44.6 Å².